The monoisotopic (exact) mass is 728 g/mol. The van der Waals surface area contributed by atoms with Crippen molar-refractivity contribution in [1.29, 1.82) is 0 Å². The second kappa shape index (κ2) is 16.2. The summed E-state index contributed by atoms with van der Waals surface area (Å²) in [5, 5.41) is 56.9. The molecule has 1 spiro atoms. The molecule has 2 bridgehead atoms. The van der Waals surface area contributed by atoms with Gasteiger partial charge in [0, 0.05) is 11.8 Å². The molecule has 4 saturated carbocycles. The molecule has 4 aliphatic carbocycles. The quantitative estimate of drug-likeness (QED) is 0.0400. The average Bonchev–Trinajstić information content (AvgIpc) is 3.21. The second-order valence-corrected chi connectivity index (χ2v) is 15.7. The third-order valence-electron chi connectivity index (χ3n) is 11.9. The van der Waals surface area contributed by atoms with Crippen LogP contribution in [0.2, 0.25) is 0 Å². The van der Waals surface area contributed by atoms with Gasteiger partial charge in [0.15, 0.2) is 37.0 Å². The van der Waals surface area contributed by atoms with Gasteiger partial charge in [-0.05, 0) is 80.0 Å². The van der Waals surface area contributed by atoms with Crippen LogP contribution in [0.4, 0.5) is 0 Å². The van der Waals surface area contributed by atoms with Crippen LogP contribution in [0.25, 0.3) is 0 Å². The second-order valence-electron chi connectivity index (χ2n) is 14.7. The maximum atomic E-state index is 13.1. The molecule has 1 aliphatic heterocycles. The van der Waals surface area contributed by atoms with Gasteiger partial charge in [0.2, 0.25) is 0 Å². The first-order chi connectivity index (χ1) is 22.9. The predicted molar refractivity (Wildman–Crippen MR) is 164 cm³/mol. The van der Waals surface area contributed by atoms with Crippen LogP contribution in [0.5, 0.6) is 0 Å². The first kappa shape index (κ1) is 38.4. The number of ether oxygens (including phenoxy) is 3. The van der Waals surface area contributed by atoms with E-state index in [0.29, 0.717) is 18.8 Å². The molecule has 5 rings (SSSR count). The highest BCUT2D eigenvalue weighted by molar-refractivity contribution is 7.90. The molecule has 14 atom stereocenters. The van der Waals surface area contributed by atoms with E-state index in [9.17, 15) is 24.9 Å². The lowest BCUT2D eigenvalue weighted by Gasteiger charge is -2.62. The summed E-state index contributed by atoms with van der Waals surface area (Å²) in [5.41, 5.74) is -0.749. The Morgan fingerprint density at radius 2 is 1.69 bits per heavy atom. The van der Waals surface area contributed by atoms with E-state index in [0.717, 1.165) is 25.7 Å². The Hall–Kier alpha value is -0.840. The number of aliphatic hydroxyl groups is 2. The summed E-state index contributed by atoms with van der Waals surface area (Å²) in [7, 11) is 0. The Kier molecular flexibility index (Phi) is 13.0. The minimum atomic E-state index is -1.37. The van der Waals surface area contributed by atoms with Crippen LogP contribution in [0.3, 0.4) is 0 Å². The fourth-order valence-electron chi connectivity index (χ4n) is 10.1. The number of aliphatic carboxylic acids is 1. The fourth-order valence-corrected chi connectivity index (χ4v) is 10.8. The number of aliphatic hydroxyl groups excluding tert-OH is 2. The lowest BCUT2D eigenvalue weighted by molar-refractivity contribution is -0.436. The Morgan fingerprint density at radius 3 is 2.31 bits per heavy atom. The van der Waals surface area contributed by atoms with Crippen molar-refractivity contribution < 1.29 is 76.7 Å². The number of esters is 1. The van der Waals surface area contributed by atoms with E-state index in [-0.39, 0.29) is 66.6 Å². The molecule has 5 N–H and O–H groups in total. The van der Waals surface area contributed by atoms with Gasteiger partial charge in [0.05, 0.1) is 24.7 Å². The maximum absolute atomic E-state index is 13.1. The molecule has 16 nitrogen and oxygen atoms in total. The predicted octanol–water partition coefficient (Wildman–Crippen LogP) is 4.11. The average molecular weight is 729 g/mol. The largest absolute Gasteiger partial charge is 0.481 e. The lowest BCUT2D eigenvalue weighted by Crippen LogP contribution is -2.63. The summed E-state index contributed by atoms with van der Waals surface area (Å²) >= 11 is 0.357. The van der Waals surface area contributed by atoms with Crippen molar-refractivity contribution in [3.05, 3.63) is 0 Å². The number of carboxylic acids is 1. The Bertz CT molecular complexity index is 1100. The van der Waals surface area contributed by atoms with Crippen LogP contribution < -0.4 is 0 Å². The van der Waals surface area contributed by atoms with Gasteiger partial charge in [-0.15, -0.1) is 8.67 Å². The standard InChI is InChI=1S/C30H48O16S2/c1-14(2)9-22(32)40-25-24(42-48-46-44-37)23(41-47-45-43-36)20(13-31)39-28(25)38-17-10-18(27(34)35)19-7-8-30-11-16(15(3)26(30)33)5-6-21(30)29(19,4)12-17/h14-21,23-26,28,31,33,36-37H,5-13H2,1-4H3,(H,34,35)/t15?,16?,17?,18?,19?,20?,21?,23-,24-,25?,26+,28-,29?,30?/m1/s1. The molecule has 0 radical (unpaired) electrons. The number of rotatable bonds is 15. The van der Waals surface area contributed by atoms with Crippen molar-refractivity contribution in [2.24, 2.45) is 46.3 Å². The van der Waals surface area contributed by atoms with E-state index < -0.39 is 72.8 Å². The number of carbonyl (C=O) groups excluding carboxylic acids is 1. The van der Waals surface area contributed by atoms with Gasteiger partial charge in [-0.2, -0.15) is 0 Å². The zero-order valence-electron chi connectivity index (χ0n) is 27.4. The molecule has 1 saturated heterocycles. The van der Waals surface area contributed by atoms with E-state index in [4.69, 9.17) is 33.1 Å². The topological polar surface area (TPSA) is 218 Å². The number of fused-ring (bicyclic) bond motifs is 3. The first-order valence-corrected chi connectivity index (χ1v) is 17.9. The van der Waals surface area contributed by atoms with Gasteiger partial charge < -0.3 is 29.5 Å². The Balaban J connectivity index is 1.45. The summed E-state index contributed by atoms with van der Waals surface area (Å²) in [6.07, 6.45) is -2.64. The van der Waals surface area contributed by atoms with Gasteiger partial charge in [-0.25, -0.2) is 10.5 Å². The number of carbonyl (C=O) groups is 2. The zero-order chi connectivity index (χ0) is 34.8. The van der Waals surface area contributed by atoms with Crippen LogP contribution in [0, 0.1) is 46.3 Å². The van der Waals surface area contributed by atoms with Crippen molar-refractivity contribution in [3.63, 3.8) is 0 Å². The zero-order valence-corrected chi connectivity index (χ0v) is 29.0. The molecule has 0 aromatic heterocycles. The third-order valence-corrected chi connectivity index (χ3v) is 12.7. The van der Waals surface area contributed by atoms with E-state index in [1.807, 2.05) is 13.8 Å². The highest BCUT2D eigenvalue weighted by Gasteiger charge is 2.67. The molecule has 0 amide bonds. The molecule has 276 valence electrons. The van der Waals surface area contributed by atoms with E-state index in [2.05, 4.69) is 32.6 Å². The van der Waals surface area contributed by atoms with Crippen molar-refractivity contribution in [1.82, 2.24) is 0 Å². The van der Waals surface area contributed by atoms with E-state index in [1.165, 1.54) is 0 Å². The number of carboxylic acid groups (broad SMARTS) is 1. The molecular weight excluding hydrogens is 680 g/mol. The molecule has 5 fully saturated rings. The van der Waals surface area contributed by atoms with Crippen molar-refractivity contribution in [2.75, 3.05) is 6.61 Å². The molecule has 0 aromatic rings. The van der Waals surface area contributed by atoms with E-state index >= 15 is 0 Å². The maximum Gasteiger partial charge on any atom is 0.306 e. The first-order valence-electron chi connectivity index (χ1n) is 16.5. The summed E-state index contributed by atoms with van der Waals surface area (Å²) in [6.45, 7) is 7.29. The molecule has 0 aromatic carbocycles. The molecule has 18 heteroatoms. The minimum absolute atomic E-state index is 0.0280. The SMILES string of the molecule is CC(C)CC(=O)OC1[C@H](OC2CC(C(=O)O)C3CCC45CC(CCC4C3(C)C2)C(C)[C@@H]5O)OC(CO)[C@@H](OSOOO)[C@H]1OSOOO. The molecule has 48 heavy (non-hydrogen) atoms. The summed E-state index contributed by atoms with van der Waals surface area (Å²) in [6, 6.07) is 0. The van der Waals surface area contributed by atoms with Crippen LogP contribution in [-0.4, -0.2) is 87.3 Å². The molecule has 10 unspecified atom stereocenters. The minimum Gasteiger partial charge on any atom is -0.481 e. The smallest absolute Gasteiger partial charge is 0.306 e. The number of hydrogen-bond donors (Lipinski definition) is 5. The van der Waals surface area contributed by atoms with Gasteiger partial charge in [0.25, 0.3) is 0 Å². The normalized spacial score (nSPS) is 43.9. The van der Waals surface area contributed by atoms with Crippen molar-refractivity contribution in [2.45, 2.75) is 122 Å². The highest BCUT2D eigenvalue weighted by atomic mass is 32.2. The van der Waals surface area contributed by atoms with Crippen molar-refractivity contribution in [3.8, 4) is 0 Å². The molecule has 5 aliphatic rings. The summed E-state index contributed by atoms with van der Waals surface area (Å²) in [4.78, 5) is 25.9. The summed E-state index contributed by atoms with van der Waals surface area (Å²) in [5.74, 6) is -1.72. The Labute approximate surface area is 287 Å². The third kappa shape index (κ3) is 7.53. The highest BCUT2D eigenvalue weighted by Crippen LogP contribution is 2.71. The molecular formula is C30H48O16S2. The Morgan fingerprint density at radius 1 is 1.00 bits per heavy atom. The van der Waals surface area contributed by atoms with Crippen LogP contribution in [0.1, 0.15) is 79.1 Å². The van der Waals surface area contributed by atoms with Gasteiger partial charge >= 0.3 is 11.9 Å². The van der Waals surface area contributed by atoms with E-state index in [1.54, 1.807) is 0 Å². The fraction of sp³-hybridized carbons (Fsp3) is 0.933. The van der Waals surface area contributed by atoms with Crippen LogP contribution in [-0.2, 0) is 50.9 Å². The summed E-state index contributed by atoms with van der Waals surface area (Å²) < 4.78 is 38.5. The van der Waals surface area contributed by atoms with Crippen LogP contribution in [0.15, 0.2) is 0 Å². The number of hydrogen-bond acceptors (Lipinski definition) is 17. The van der Waals surface area contributed by atoms with Gasteiger partial charge in [-0.1, -0.05) is 37.8 Å². The van der Waals surface area contributed by atoms with Gasteiger partial charge in [0.1, 0.15) is 18.3 Å². The lowest BCUT2D eigenvalue weighted by atomic mass is 9.43. The van der Waals surface area contributed by atoms with Gasteiger partial charge in [-0.3, -0.25) is 18.0 Å². The molecule has 1 heterocycles. The van der Waals surface area contributed by atoms with Crippen molar-refractivity contribution >= 4 is 36.6 Å². The van der Waals surface area contributed by atoms with Crippen LogP contribution >= 0.6 is 24.6 Å².